The molecule has 0 heterocycles. The van der Waals surface area contributed by atoms with E-state index in [-0.39, 0.29) is 0 Å². The van der Waals surface area contributed by atoms with Crippen molar-refractivity contribution >= 4 is 17.2 Å². The van der Waals surface area contributed by atoms with Crippen LogP contribution < -0.4 is 0 Å². The standard InChI is InChI=1S/C17H15Cl/c1-12-10-14-4-2-3-5-16(17(14)11-12)13-6-8-15(18)9-7-13/h2-9,11,17H,10H2,1H3. The van der Waals surface area contributed by atoms with E-state index < -0.39 is 0 Å². The van der Waals surface area contributed by atoms with Crippen molar-refractivity contribution in [2.75, 3.05) is 0 Å². The number of fused-ring (bicyclic) bond motifs is 1. The Hall–Kier alpha value is -1.53. The zero-order valence-corrected chi connectivity index (χ0v) is 11.1. The summed E-state index contributed by atoms with van der Waals surface area (Å²) in [4.78, 5) is 0. The van der Waals surface area contributed by atoms with Crippen molar-refractivity contribution in [2.45, 2.75) is 13.3 Å². The van der Waals surface area contributed by atoms with Crippen molar-refractivity contribution in [3.8, 4) is 0 Å². The topological polar surface area (TPSA) is 0 Å². The molecule has 0 aliphatic heterocycles. The van der Waals surface area contributed by atoms with E-state index in [9.17, 15) is 0 Å². The fourth-order valence-corrected chi connectivity index (χ4v) is 2.82. The van der Waals surface area contributed by atoms with Gasteiger partial charge in [-0.3, -0.25) is 0 Å². The van der Waals surface area contributed by atoms with E-state index in [1.807, 2.05) is 12.1 Å². The monoisotopic (exact) mass is 254 g/mol. The van der Waals surface area contributed by atoms with Gasteiger partial charge >= 0.3 is 0 Å². The van der Waals surface area contributed by atoms with Crippen LogP contribution in [-0.4, -0.2) is 0 Å². The van der Waals surface area contributed by atoms with Gasteiger partial charge in [-0.05, 0) is 36.6 Å². The molecule has 0 nitrogen and oxygen atoms in total. The van der Waals surface area contributed by atoms with Crippen molar-refractivity contribution in [2.24, 2.45) is 5.92 Å². The summed E-state index contributed by atoms with van der Waals surface area (Å²) < 4.78 is 0. The molecule has 3 rings (SSSR count). The molecule has 2 aliphatic rings. The lowest BCUT2D eigenvalue weighted by Gasteiger charge is -2.15. The minimum absolute atomic E-state index is 0.432. The molecule has 0 N–H and O–H groups in total. The van der Waals surface area contributed by atoms with Gasteiger partial charge in [0.15, 0.2) is 0 Å². The first-order valence-electron chi connectivity index (χ1n) is 6.24. The van der Waals surface area contributed by atoms with Crippen LogP contribution in [0.1, 0.15) is 18.9 Å². The fraction of sp³-hybridized carbons (Fsp3) is 0.176. The lowest BCUT2D eigenvalue weighted by atomic mass is 9.89. The third kappa shape index (κ3) is 2.09. The van der Waals surface area contributed by atoms with Crippen LogP contribution in [0.3, 0.4) is 0 Å². The van der Waals surface area contributed by atoms with Crippen LogP contribution in [0, 0.1) is 5.92 Å². The summed E-state index contributed by atoms with van der Waals surface area (Å²) in [6, 6.07) is 8.13. The molecule has 0 fully saturated rings. The summed E-state index contributed by atoms with van der Waals surface area (Å²) in [5, 5.41) is 0.789. The number of halogens is 1. The molecule has 18 heavy (non-hydrogen) atoms. The maximum Gasteiger partial charge on any atom is 0.0406 e. The first kappa shape index (κ1) is 11.6. The highest BCUT2D eigenvalue weighted by Crippen LogP contribution is 2.40. The summed E-state index contributed by atoms with van der Waals surface area (Å²) >= 11 is 5.96. The van der Waals surface area contributed by atoms with Gasteiger partial charge in [0.05, 0.1) is 0 Å². The molecule has 90 valence electrons. The molecule has 1 unspecified atom stereocenters. The minimum atomic E-state index is 0.432. The highest BCUT2D eigenvalue weighted by atomic mass is 35.5. The summed E-state index contributed by atoms with van der Waals surface area (Å²) in [6.45, 7) is 2.21. The number of benzene rings is 1. The molecule has 1 heteroatoms. The third-order valence-corrected chi connectivity index (χ3v) is 3.80. The largest absolute Gasteiger partial charge is 0.0843 e. The number of hydrogen-bond acceptors (Lipinski definition) is 0. The Balaban J connectivity index is 2.05. The first-order valence-corrected chi connectivity index (χ1v) is 6.62. The highest BCUT2D eigenvalue weighted by Gasteiger charge is 2.23. The average molecular weight is 255 g/mol. The molecule has 0 saturated heterocycles. The van der Waals surface area contributed by atoms with Gasteiger partial charge in [0.2, 0.25) is 0 Å². The van der Waals surface area contributed by atoms with Gasteiger partial charge in [-0.1, -0.05) is 65.3 Å². The van der Waals surface area contributed by atoms with Crippen LogP contribution >= 0.6 is 11.6 Å². The van der Waals surface area contributed by atoms with Crippen molar-refractivity contribution in [3.05, 3.63) is 76.4 Å². The molecule has 0 amide bonds. The Morgan fingerprint density at radius 1 is 1.06 bits per heavy atom. The summed E-state index contributed by atoms with van der Waals surface area (Å²) in [6.07, 6.45) is 12.2. The van der Waals surface area contributed by atoms with Crippen molar-refractivity contribution in [3.63, 3.8) is 0 Å². The van der Waals surface area contributed by atoms with Crippen molar-refractivity contribution in [1.29, 1.82) is 0 Å². The van der Waals surface area contributed by atoms with Crippen LogP contribution in [0.4, 0.5) is 0 Å². The molecular weight excluding hydrogens is 240 g/mol. The molecule has 2 aliphatic carbocycles. The molecular formula is C17H15Cl. The Labute approximate surface area is 113 Å². The van der Waals surface area contributed by atoms with Crippen molar-refractivity contribution in [1.82, 2.24) is 0 Å². The normalized spacial score (nSPS) is 21.9. The predicted molar refractivity (Wildman–Crippen MR) is 78.5 cm³/mol. The zero-order valence-electron chi connectivity index (χ0n) is 10.4. The van der Waals surface area contributed by atoms with Crippen LogP contribution in [0.15, 0.2) is 65.8 Å². The van der Waals surface area contributed by atoms with E-state index in [1.54, 1.807) is 0 Å². The Bertz CT molecular complexity index is 583. The average Bonchev–Trinajstić information content (AvgIpc) is 2.61. The molecule has 1 atom stereocenters. The SMILES string of the molecule is CC1=CC2C(=CC=CC=C2c2ccc(Cl)cc2)C1. The van der Waals surface area contributed by atoms with E-state index in [2.05, 4.69) is 49.4 Å². The molecule has 0 radical (unpaired) electrons. The predicted octanol–water partition coefficient (Wildman–Crippen LogP) is 5.19. The lowest BCUT2D eigenvalue weighted by Crippen LogP contribution is -1.99. The van der Waals surface area contributed by atoms with E-state index in [0.717, 1.165) is 11.4 Å². The molecule has 1 aromatic carbocycles. The maximum atomic E-state index is 5.96. The van der Waals surface area contributed by atoms with Crippen LogP contribution in [-0.2, 0) is 0 Å². The van der Waals surface area contributed by atoms with Crippen molar-refractivity contribution < 1.29 is 0 Å². The fourth-order valence-electron chi connectivity index (χ4n) is 2.69. The number of rotatable bonds is 1. The Kier molecular flexibility index (Phi) is 2.97. The van der Waals surface area contributed by atoms with Crippen LogP contribution in [0.5, 0.6) is 0 Å². The van der Waals surface area contributed by atoms with Gasteiger partial charge in [-0.15, -0.1) is 0 Å². The van der Waals surface area contributed by atoms with Gasteiger partial charge in [0.1, 0.15) is 0 Å². The second kappa shape index (κ2) is 4.62. The molecule has 0 spiro atoms. The highest BCUT2D eigenvalue weighted by molar-refractivity contribution is 6.30. The maximum absolute atomic E-state index is 5.96. The number of allylic oxidation sites excluding steroid dienone is 8. The van der Waals surface area contributed by atoms with Gasteiger partial charge in [0, 0.05) is 10.9 Å². The van der Waals surface area contributed by atoms with Gasteiger partial charge in [-0.2, -0.15) is 0 Å². The van der Waals surface area contributed by atoms with Gasteiger partial charge in [0.25, 0.3) is 0 Å². The van der Waals surface area contributed by atoms with E-state index >= 15 is 0 Å². The molecule has 0 aromatic heterocycles. The minimum Gasteiger partial charge on any atom is -0.0843 e. The smallest absolute Gasteiger partial charge is 0.0406 e. The van der Waals surface area contributed by atoms with E-state index in [0.29, 0.717) is 5.92 Å². The molecule has 0 bridgehead atoms. The summed E-state index contributed by atoms with van der Waals surface area (Å²) in [5.74, 6) is 0.432. The summed E-state index contributed by atoms with van der Waals surface area (Å²) in [7, 11) is 0. The first-order chi connectivity index (χ1) is 8.74. The second-order valence-electron chi connectivity index (χ2n) is 4.92. The molecule has 1 aromatic rings. The number of hydrogen-bond donors (Lipinski definition) is 0. The molecule has 0 saturated carbocycles. The van der Waals surface area contributed by atoms with Gasteiger partial charge in [-0.25, -0.2) is 0 Å². The lowest BCUT2D eigenvalue weighted by molar-refractivity contribution is 1.00. The van der Waals surface area contributed by atoms with Gasteiger partial charge < -0.3 is 0 Å². The van der Waals surface area contributed by atoms with Crippen LogP contribution in [0.2, 0.25) is 5.02 Å². The third-order valence-electron chi connectivity index (χ3n) is 3.54. The Morgan fingerprint density at radius 2 is 1.78 bits per heavy atom. The van der Waals surface area contributed by atoms with E-state index in [4.69, 9.17) is 11.6 Å². The zero-order chi connectivity index (χ0) is 12.5. The van der Waals surface area contributed by atoms with Crippen LogP contribution in [0.25, 0.3) is 5.57 Å². The Morgan fingerprint density at radius 3 is 2.56 bits per heavy atom. The second-order valence-corrected chi connectivity index (χ2v) is 5.36. The quantitative estimate of drug-likeness (QED) is 0.606. The van der Waals surface area contributed by atoms with E-state index in [1.165, 1.54) is 22.3 Å². The summed E-state index contributed by atoms with van der Waals surface area (Å²) in [5.41, 5.74) is 5.57.